The standard InChI is InChI=1S/C23H28N2O2/c1-3-18-9-11-20(12-10-18)22-14-13-21(16-25(22)17(2)26)23(27)24-15-19-7-5-4-6-8-19/h4-12,21-22H,3,13-16H2,1-2H3,(H,24,27)/t21-,22+/m1/s1. The smallest absolute Gasteiger partial charge is 0.225 e. The molecule has 1 heterocycles. The topological polar surface area (TPSA) is 49.4 Å². The van der Waals surface area contributed by atoms with Gasteiger partial charge in [0.2, 0.25) is 11.8 Å². The minimum absolute atomic E-state index is 0.0279. The molecule has 2 atom stereocenters. The summed E-state index contributed by atoms with van der Waals surface area (Å²) in [6, 6.07) is 18.5. The van der Waals surface area contributed by atoms with Gasteiger partial charge in [0.1, 0.15) is 0 Å². The first-order chi connectivity index (χ1) is 13.1. The molecule has 4 heteroatoms. The van der Waals surface area contributed by atoms with Crippen LogP contribution in [0.5, 0.6) is 0 Å². The highest BCUT2D eigenvalue weighted by Crippen LogP contribution is 2.33. The SMILES string of the molecule is CCc1ccc([C@@H]2CC[C@@H](C(=O)NCc3ccccc3)CN2C(C)=O)cc1. The van der Waals surface area contributed by atoms with E-state index >= 15 is 0 Å². The zero-order valence-corrected chi connectivity index (χ0v) is 16.2. The van der Waals surface area contributed by atoms with Crippen LogP contribution in [0.3, 0.4) is 0 Å². The Morgan fingerprint density at radius 2 is 1.70 bits per heavy atom. The van der Waals surface area contributed by atoms with Crippen molar-refractivity contribution < 1.29 is 9.59 Å². The van der Waals surface area contributed by atoms with E-state index in [4.69, 9.17) is 0 Å². The van der Waals surface area contributed by atoms with Crippen LogP contribution in [0.4, 0.5) is 0 Å². The fraction of sp³-hybridized carbons (Fsp3) is 0.391. The lowest BCUT2D eigenvalue weighted by molar-refractivity contribution is -0.137. The number of likely N-dealkylation sites (tertiary alicyclic amines) is 1. The van der Waals surface area contributed by atoms with Crippen molar-refractivity contribution in [3.63, 3.8) is 0 Å². The molecule has 0 spiro atoms. The molecule has 2 amide bonds. The highest BCUT2D eigenvalue weighted by Gasteiger charge is 2.34. The fourth-order valence-corrected chi connectivity index (χ4v) is 3.78. The van der Waals surface area contributed by atoms with E-state index in [2.05, 4.69) is 36.5 Å². The van der Waals surface area contributed by atoms with E-state index in [0.29, 0.717) is 13.1 Å². The molecule has 1 N–H and O–H groups in total. The number of amides is 2. The van der Waals surface area contributed by atoms with Crippen molar-refractivity contribution in [2.24, 2.45) is 5.92 Å². The number of piperidine rings is 1. The van der Waals surface area contributed by atoms with Gasteiger partial charge in [0.25, 0.3) is 0 Å². The normalized spacial score (nSPS) is 19.6. The van der Waals surface area contributed by atoms with E-state index in [1.807, 2.05) is 35.2 Å². The molecule has 142 valence electrons. The van der Waals surface area contributed by atoms with Crippen molar-refractivity contribution in [2.45, 2.75) is 45.7 Å². The van der Waals surface area contributed by atoms with Gasteiger partial charge in [0.05, 0.1) is 12.0 Å². The summed E-state index contributed by atoms with van der Waals surface area (Å²) in [4.78, 5) is 26.7. The van der Waals surface area contributed by atoms with Crippen molar-refractivity contribution in [1.82, 2.24) is 10.2 Å². The summed E-state index contributed by atoms with van der Waals surface area (Å²) in [5.41, 5.74) is 3.53. The molecule has 0 unspecified atom stereocenters. The summed E-state index contributed by atoms with van der Waals surface area (Å²) in [7, 11) is 0. The first kappa shape index (κ1) is 19.2. The van der Waals surface area contributed by atoms with Gasteiger partial charge >= 0.3 is 0 Å². The third kappa shape index (κ3) is 4.76. The van der Waals surface area contributed by atoms with Gasteiger partial charge in [-0.25, -0.2) is 0 Å². The molecule has 1 fully saturated rings. The number of carbonyl (C=O) groups excluding carboxylic acids is 2. The van der Waals surface area contributed by atoms with Crippen molar-refractivity contribution in [3.05, 3.63) is 71.3 Å². The number of aryl methyl sites for hydroxylation is 1. The molecule has 27 heavy (non-hydrogen) atoms. The lowest BCUT2D eigenvalue weighted by atomic mass is 9.88. The van der Waals surface area contributed by atoms with E-state index in [1.165, 1.54) is 5.56 Å². The molecule has 0 bridgehead atoms. The van der Waals surface area contributed by atoms with Gasteiger partial charge in [-0.15, -0.1) is 0 Å². The Bertz CT molecular complexity index is 771. The molecule has 0 aromatic heterocycles. The molecule has 0 aliphatic carbocycles. The zero-order chi connectivity index (χ0) is 19.2. The van der Waals surface area contributed by atoms with Crippen LogP contribution in [0.15, 0.2) is 54.6 Å². The largest absolute Gasteiger partial charge is 0.352 e. The number of rotatable bonds is 5. The molecule has 4 nitrogen and oxygen atoms in total. The van der Waals surface area contributed by atoms with Crippen molar-refractivity contribution in [2.75, 3.05) is 6.54 Å². The fourth-order valence-electron chi connectivity index (χ4n) is 3.78. The van der Waals surface area contributed by atoms with Crippen molar-refractivity contribution in [1.29, 1.82) is 0 Å². The number of nitrogens with one attached hydrogen (secondary N) is 1. The molecule has 1 aliphatic heterocycles. The lowest BCUT2D eigenvalue weighted by Gasteiger charge is -2.39. The van der Waals surface area contributed by atoms with Gasteiger partial charge in [0, 0.05) is 20.0 Å². The summed E-state index contributed by atoms with van der Waals surface area (Å²) < 4.78 is 0. The number of nitrogens with zero attached hydrogens (tertiary/aromatic N) is 1. The van der Waals surface area contributed by atoms with Gasteiger partial charge in [-0.2, -0.15) is 0 Å². The molecule has 1 aliphatic rings. The zero-order valence-electron chi connectivity index (χ0n) is 16.2. The molecule has 0 saturated carbocycles. The Balaban J connectivity index is 1.64. The highest BCUT2D eigenvalue weighted by molar-refractivity contribution is 5.81. The predicted octanol–water partition coefficient (Wildman–Crippen LogP) is 3.87. The van der Waals surface area contributed by atoms with E-state index in [0.717, 1.165) is 30.4 Å². The van der Waals surface area contributed by atoms with Crippen LogP contribution in [0.25, 0.3) is 0 Å². The molecule has 2 aromatic rings. The Morgan fingerprint density at radius 3 is 2.33 bits per heavy atom. The summed E-state index contributed by atoms with van der Waals surface area (Å²) in [6.07, 6.45) is 2.62. The number of hydrogen-bond donors (Lipinski definition) is 1. The third-order valence-corrected chi connectivity index (χ3v) is 5.44. The second-order valence-electron chi connectivity index (χ2n) is 7.26. The summed E-state index contributed by atoms with van der Waals surface area (Å²) >= 11 is 0. The van der Waals surface area contributed by atoms with E-state index < -0.39 is 0 Å². The average Bonchev–Trinajstić information content (AvgIpc) is 2.72. The van der Waals surface area contributed by atoms with Gasteiger partial charge in [-0.3, -0.25) is 9.59 Å². The van der Waals surface area contributed by atoms with Gasteiger partial charge < -0.3 is 10.2 Å². The molecule has 3 rings (SSSR count). The Kier molecular flexibility index (Phi) is 6.28. The van der Waals surface area contributed by atoms with Gasteiger partial charge in [-0.05, 0) is 36.0 Å². The summed E-state index contributed by atoms with van der Waals surface area (Å²) in [5.74, 6) is -0.0891. The van der Waals surface area contributed by atoms with Crippen LogP contribution in [0, 0.1) is 5.92 Å². The Hall–Kier alpha value is -2.62. The van der Waals surface area contributed by atoms with Crippen molar-refractivity contribution in [3.8, 4) is 0 Å². The number of carbonyl (C=O) groups is 2. The summed E-state index contributed by atoms with van der Waals surface area (Å²) in [5, 5.41) is 3.02. The van der Waals surface area contributed by atoms with E-state index in [1.54, 1.807) is 6.92 Å². The van der Waals surface area contributed by atoms with E-state index in [-0.39, 0.29) is 23.8 Å². The lowest BCUT2D eigenvalue weighted by Crippen LogP contribution is -2.46. The molecule has 1 saturated heterocycles. The van der Waals surface area contributed by atoms with Gasteiger partial charge in [-0.1, -0.05) is 61.5 Å². The van der Waals surface area contributed by atoms with Crippen LogP contribution >= 0.6 is 0 Å². The Labute approximate surface area is 161 Å². The minimum atomic E-state index is -0.149. The highest BCUT2D eigenvalue weighted by atomic mass is 16.2. The molecular weight excluding hydrogens is 336 g/mol. The maximum absolute atomic E-state index is 12.6. The maximum atomic E-state index is 12.6. The number of benzene rings is 2. The van der Waals surface area contributed by atoms with Crippen LogP contribution in [0.2, 0.25) is 0 Å². The van der Waals surface area contributed by atoms with Crippen LogP contribution in [-0.4, -0.2) is 23.3 Å². The summed E-state index contributed by atoms with van der Waals surface area (Å²) in [6.45, 7) is 4.74. The van der Waals surface area contributed by atoms with Crippen molar-refractivity contribution >= 4 is 11.8 Å². The second kappa shape index (κ2) is 8.85. The first-order valence-electron chi connectivity index (χ1n) is 9.76. The quantitative estimate of drug-likeness (QED) is 0.876. The molecule has 2 aromatic carbocycles. The van der Waals surface area contributed by atoms with Crippen LogP contribution in [-0.2, 0) is 22.6 Å². The van der Waals surface area contributed by atoms with E-state index in [9.17, 15) is 9.59 Å². The monoisotopic (exact) mass is 364 g/mol. The second-order valence-corrected chi connectivity index (χ2v) is 7.26. The Morgan fingerprint density at radius 1 is 1.00 bits per heavy atom. The molecule has 0 radical (unpaired) electrons. The average molecular weight is 364 g/mol. The van der Waals surface area contributed by atoms with Gasteiger partial charge in [0.15, 0.2) is 0 Å². The molecular formula is C23H28N2O2. The van der Waals surface area contributed by atoms with Crippen LogP contribution in [0.1, 0.15) is 49.4 Å². The number of hydrogen-bond acceptors (Lipinski definition) is 2. The van der Waals surface area contributed by atoms with Crippen LogP contribution < -0.4 is 5.32 Å². The third-order valence-electron chi connectivity index (χ3n) is 5.44. The predicted molar refractivity (Wildman–Crippen MR) is 107 cm³/mol. The first-order valence-corrected chi connectivity index (χ1v) is 9.76. The maximum Gasteiger partial charge on any atom is 0.225 e. The minimum Gasteiger partial charge on any atom is -0.352 e.